The Labute approximate surface area is 132 Å². The lowest BCUT2D eigenvalue weighted by Crippen LogP contribution is -2.23. The van der Waals surface area contributed by atoms with Crippen LogP contribution in [0.2, 0.25) is 0 Å². The predicted molar refractivity (Wildman–Crippen MR) is 78.7 cm³/mol. The third kappa shape index (κ3) is 4.26. The zero-order valence-corrected chi connectivity index (χ0v) is 12.4. The van der Waals surface area contributed by atoms with Crippen molar-refractivity contribution in [3.8, 4) is 0 Å². The van der Waals surface area contributed by atoms with Crippen LogP contribution in [0, 0.1) is 11.7 Å². The highest BCUT2D eigenvalue weighted by Gasteiger charge is 2.21. The highest BCUT2D eigenvalue weighted by atomic mass is 19.1. The molecule has 1 aliphatic carbocycles. The zero-order valence-electron chi connectivity index (χ0n) is 12.4. The Morgan fingerprint density at radius 2 is 2.26 bits per heavy atom. The van der Waals surface area contributed by atoms with Crippen molar-refractivity contribution in [2.75, 3.05) is 12.3 Å². The Morgan fingerprint density at radius 1 is 1.43 bits per heavy atom. The summed E-state index contributed by atoms with van der Waals surface area (Å²) in [5, 5.41) is 9.73. The molecular formula is C15H17FN4O3. The molecular weight excluding hydrogens is 303 g/mol. The lowest BCUT2D eigenvalue weighted by molar-refractivity contribution is 0.0945. The van der Waals surface area contributed by atoms with Crippen molar-refractivity contribution in [1.82, 2.24) is 15.5 Å². The fourth-order valence-electron chi connectivity index (χ4n) is 2.04. The minimum Gasteiger partial charge on any atom is -0.406 e. The van der Waals surface area contributed by atoms with Gasteiger partial charge in [0.2, 0.25) is 5.89 Å². The van der Waals surface area contributed by atoms with E-state index in [4.69, 9.17) is 14.9 Å². The lowest BCUT2D eigenvalue weighted by atomic mass is 10.1. The molecule has 3 N–H and O–H groups in total. The van der Waals surface area contributed by atoms with E-state index >= 15 is 0 Å². The van der Waals surface area contributed by atoms with E-state index < -0.39 is 0 Å². The third-order valence-corrected chi connectivity index (χ3v) is 3.50. The van der Waals surface area contributed by atoms with E-state index in [1.807, 2.05) is 0 Å². The minimum absolute atomic E-state index is 0.0495. The Bertz CT molecular complexity index is 700. The molecule has 0 saturated heterocycles. The van der Waals surface area contributed by atoms with Gasteiger partial charge in [0.25, 0.3) is 5.91 Å². The number of amides is 1. The molecule has 1 heterocycles. The monoisotopic (exact) mass is 320 g/mol. The number of halogens is 1. The summed E-state index contributed by atoms with van der Waals surface area (Å²) in [4.78, 5) is 12.1. The maximum atomic E-state index is 13.8. The molecule has 23 heavy (non-hydrogen) atoms. The van der Waals surface area contributed by atoms with Crippen LogP contribution in [0.15, 0.2) is 22.6 Å². The highest BCUT2D eigenvalue weighted by molar-refractivity contribution is 5.94. The molecule has 1 aromatic carbocycles. The van der Waals surface area contributed by atoms with Crippen LogP contribution in [0.5, 0.6) is 0 Å². The maximum Gasteiger partial charge on any atom is 0.312 e. The van der Waals surface area contributed by atoms with E-state index in [1.165, 1.54) is 31.0 Å². The number of nitrogens with zero attached hydrogens (tertiary/aromatic N) is 2. The Hall–Kier alpha value is -2.48. The number of anilines is 1. The molecule has 122 valence electrons. The Morgan fingerprint density at radius 3 is 2.96 bits per heavy atom. The first-order chi connectivity index (χ1) is 11.1. The number of hydrogen-bond donors (Lipinski definition) is 2. The highest BCUT2D eigenvalue weighted by Crippen LogP contribution is 2.29. The maximum absolute atomic E-state index is 13.8. The number of nitrogen functional groups attached to an aromatic ring is 1. The van der Waals surface area contributed by atoms with Gasteiger partial charge in [-0.1, -0.05) is 5.10 Å². The van der Waals surface area contributed by atoms with E-state index in [0.717, 1.165) is 0 Å². The lowest BCUT2D eigenvalue weighted by Gasteiger charge is -2.08. The van der Waals surface area contributed by atoms with Crippen molar-refractivity contribution in [2.45, 2.75) is 26.0 Å². The number of nitrogens with two attached hydrogens (primary N) is 1. The van der Waals surface area contributed by atoms with Crippen LogP contribution in [0.25, 0.3) is 0 Å². The number of rotatable bonds is 7. The van der Waals surface area contributed by atoms with E-state index in [1.54, 1.807) is 0 Å². The average molecular weight is 320 g/mol. The second-order valence-corrected chi connectivity index (χ2v) is 5.48. The van der Waals surface area contributed by atoms with Crippen LogP contribution in [0.3, 0.4) is 0 Å². The molecule has 1 amide bonds. The zero-order chi connectivity index (χ0) is 16.2. The first kappa shape index (κ1) is 15.4. The molecule has 0 radical (unpaired) electrons. The van der Waals surface area contributed by atoms with Crippen LogP contribution < -0.4 is 11.1 Å². The average Bonchev–Trinajstić information content (AvgIpc) is 3.27. The quantitative estimate of drug-likeness (QED) is 0.804. The SMILES string of the molecule is Nc1nnc(CNC(=O)c2ccc(F)c(COCC3CC3)c2)o1. The van der Waals surface area contributed by atoms with Gasteiger partial charge < -0.3 is 20.2 Å². The summed E-state index contributed by atoms with van der Waals surface area (Å²) in [5.41, 5.74) is 5.99. The summed E-state index contributed by atoms with van der Waals surface area (Å²) in [5.74, 6) is 0.0459. The Kier molecular flexibility index (Phi) is 4.52. The van der Waals surface area contributed by atoms with Gasteiger partial charge in [-0.15, -0.1) is 5.10 Å². The van der Waals surface area contributed by atoms with Crippen LogP contribution in [0.4, 0.5) is 10.4 Å². The molecule has 0 unspecified atom stereocenters. The van der Waals surface area contributed by atoms with Crippen molar-refractivity contribution >= 4 is 11.9 Å². The first-order valence-corrected chi connectivity index (χ1v) is 7.34. The van der Waals surface area contributed by atoms with Crippen LogP contribution in [-0.2, 0) is 17.9 Å². The molecule has 0 atom stereocenters. The molecule has 3 rings (SSSR count). The molecule has 8 heteroatoms. The smallest absolute Gasteiger partial charge is 0.312 e. The molecule has 1 saturated carbocycles. The van der Waals surface area contributed by atoms with Gasteiger partial charge in [-0.05, 0) is 37.0 Å². The van der Waals surface area contributed by atoms with Gasteiger partial charge in [0, 0.05) is 17.7 Å². The minimum atomic E-state index is -0.387. The van der Waals surface area contributed by atoms with Crippen molar-refractivity contribution in [2.24, 2.45) is 5.92 Å². The number of aromatic nitrogens is 2. The number of ether oxygens (including phenoxy) is 1. The normalized spacial score (nSPS) is 14.0. The van der Waals surface area contributed by atoms with Gasteiger partial charge in [0.05, 0.1) is 13.2 Å². The van der Waals surface area contributed by atoms with Gasteiger partial charge in [-0.2, -0.15) is 0 Å². The van der Waals surface area contributed by atoms with Gasteiger partial charge in [0.1, 0.15) is 5.82 Å². The van der Waals surface area contributed by atoms with Crippen molar-refractivity contribution < 1.29 is 18.3 Å². The summed E-state index contributed by atoms with van der Waals surface area (Å²) in [6.45, 7) is 0.839. The van der Waals surface area contributed by atoms with Gasteiger partial charge >= 0.3 is 6.01 Å². The standard InChI is InChI=1S/C15H17FN4O3/c16-12-4-3-10(5-11(12)8-22-7-9-1-2-9)14(21)18-6-13-19-20-15(17)23-13/h3-5,9H,1-2,6-8H2,(H2,17,20)(H,18,21). The fourth-order valence-corrected chi connectivity index (χ4v) is 2.04. The van der Waals surface area contributed by atoms with Gasteiger partial charge in [-0.25, -0.2) is 4.39 Å². The van der Waals surface area contributed by atoms with E-state index in [9.17, 15) is 9.18 Å². The van der Waals surface area contributed by atoms with E-state index in [-0.39, 0.29) is 36.8 Å². The Balaban J connectivity index is 1.57. The fraction of sp³-hybridized carbons (Fsp3) is 0.400. The summed E-state index contributed by atoms with van der Waals surface area (Å²) >= 11 is 0. The second-order valence-electron chi connectivity index (χ2n) is 5.48. The first-order valence-electron chi connectivity index (χ1n) is 7.34. The van der Waals surface area contributed by atoms with Crippen molar-refractivity contribution in [3.63, 3.8) is 0 Å². The number of carbonyl (C=O) groups excluding carboxylic acids is 1. The third-order valence-electron chi connectivity index (χ3n) is 3.50. The summed E-state index contributed by atoms with van der Waals surface area (Å²) in [6, 6.07) is 4.10. The molecule has 7 nitrogen and oxygen atoms in total. The number of benzene rings is 1. The van der Waals surface area contributed by atoms with Crippen molar-refractivity contribution in [3.05, 3.63) is 41.0 Å². The van der Waals surface area contributed by atoms with E-state index in [0.29, 0.717) is 23.7 Å². The topological polar surface area (TPSA) is 103 Å². The predicted octanol–water partition coefficient (Wildman–Crippen LogP) is 1.65. The largest absolute Gasteiger partial charge is 0.406 e. The molecule has 1 fully saturated rings. The second kappa shape index (κ2) is 6.74. The summed E-state index contributed by atoms with van der Waals surface area (Å²) in [6.07, 6.45) is 2.34. The van der Waals surface area contributed by atoms with Crippen LogP contribution in [-0.4, -0.2) is 22.7 Å². The summed E-state index contributed by atoms with van der Waals surface area (Å²) < 4.78 is 24.2. The van der Waals surface area contributed by atoms with E-state index in [2.05, 4.69) is 15.5 Å². The van der Waals surface area contributed by atoms with Gasteiger partial charge in [0.15, 0.2) is 0 Å². The molecule has 0 bridgehead atoms. The number of nitrogens with one attached hydrogen (secondary N) is 1. The number of hydrogen-bond acceptors (Lipinski definition) is 6. The number of carbonyl (C=O) groups is 1. The molecule has 1 aliphatic rings. The van der Waals surface area contributed by atoms with Gasteiger partial charge in [-0.3, -0.25) is 4.79 Å². The molecule has 2 aromatic rings. The summed E-state index contributed by atoms with van der Waals surface area (Å²) in [7, 11) is 0. The molecule has 0 aliphatic heterocycles. The molecule has 0 spiro atoms. The van der Waals surface area contributed by atoms with Crippen molar-refractivity contribution in [1.29, 1.82) is 0 Å². The van der Waals surface area contributed by atoms with Crippen LogP contribution in [0.1, 0.15) is 34.7 Å². The molecule has 1 aromatic heterocycles. The van der Waals surface area contributed by atoms with Crippen LogP contribution >= 0.6 is 0 Å².